The Morgan fingerprint density at radius 1 is 1.31 bits per heavy atom. The number of nitrogens with one attached hydrogen (secondary N) is 1. The maximum atomic E-state index is 14.9. The number of anilines is 1. The summed E-state index contributed by atoms with van der Waals surface area (Å²) in [7, 11) is 0. The molecule has 2 atom stereocenters. The Labute approximate surface area is 156 Å². The second-order valence-electron chi connectivity index (χ2n) is 7.47. The molecule has 2 aromatic rings. The number of halogens is 2. The van der Waals surface area contributed by atoms with Crippen LogP contribution in [0.15, 0.2) is 15.8 Å². The van der Waals surface area contributed by atoms with Gasteiger partial charge in [-0.05, 0) is 44.9 Å². The zero-order valence-corrected chi connectivity index (χ0v) is 15.7. The summed E-state index contributed by atoms with van der Waals surface area (Å²) >= 11 is 0. The summed E-state index contributed by atoms with van der Waals surface area (Å²) in [5, 5.41) is 0. The molecule has 0 unspecified atom stereocenters. The summed E-state index contributed by atoms with van der Waals surface area (Å²) in [6, 6.07) is 0.0568. The lowest BCUT2D eigenvalue weighted by Crippen LogP contribution is -2.32. The molecule has 1 aliphatic heterocycles. The molecule has 1 aliphatic carbocycles. The van der Waals surface area contributed by atoms with Crippen molar-refractivity contribution in [3.63, 3.8) is 0 Å². The standard InChI is InChI=1S/C18H23FN4O2.ClH/c1-9-15(22-6-5-12(7-22)10(2)20)13(19)8-23-16(9)14(11-3-4-11)17(24)21-18(23)25;/h8,10-12H,3-7,20H2,1-2H3,(H,21,24,25);1H/t10-,12+;/m0./s1. The van der Waals surface area contributed by atoms with E-state index >= 15 is 0 Å². The van der Waals surface area contributed by atoms with Crippen LogP contribution < -0.4 is 21.9 Å². The first kappa shape index (κ1) is 18.9. The van der Waals surface area contributed by atoms with Gasteiger partial charge in [-0.2, -0.15) is 0 Å². The van der Waals surface area contributed by atoms with Crippen molar-refractivity contribution >= 4 is 23.6 Å². The minimum atomic E-state index is -0.590. The fourth-order valence-corrected chi connectivity index (χ4v) is 4.09. The first-order valence-corrected chi connectivity index (χ1v) is 8.86. The number of hydrogen-bond acceptors (Lipinski definition) is 4. The van der Waals surface area contributed by atoms with Crippen molar-refractivity contribution in [1.29, 1.82) is 0 Å². The molecule has 3 N–H and O–H groups in total. The van der Waals surface area contributed by atoms with Gasteiger partial charge >= 0.3 is 5.69 Å². The molecule has 1 saturated heterocycles. The van der Waals surface area contributed by atoms with E-state index in [0.29, 0.717) is 34.8 Å². The summed E-state index contributed by atoms with van der Waals surface area (Å²) in [5.74, 6) is 0.0391. The van der Waals surface area contributed by atoms with Gasteiger partial charge in [0.2, 0.25) is 0 Å². The Balaban J connectivity index is 0.00000196. The molecule has 8 heteroatoms. The lowest BCUT2D eigenvalue weighted by atomic mass is 10.0. The van der Waals surface area contributed by atoms with Crippen LogP contribution in [0.5, 0.6) is 0 Å². The SMILES string of the molecule is Cc1c(N2CC[C@@H]([C@H](C)N)C2)c(F)cn2c(=O)[nH]c(=O)c(C3CC3)c12.Cl. The van der Waals surface area contributed by atoms with Gasteiger partial charge in [-0.3, -0.25) is 14.2 Å². The van der Waals surface area contributed by atoms with Crippen LogP contribution in [0.1, 0.15) is 43.2 Å². The average molecular weight is 383 g/mol. The van der Waals surface area contributed by atoms with Crippen molar-refractivity contribution in [3.05, 3.63) is 44.0 Å². The number of nitrogens with two attached hydrogens (primary N) is 1. The highest BCUT2D eigenvalue weighted by molar-refractivity contribution is 5.85. The van der Waals surface area contributed by atoms with Crippen LogP contribution in [-0.2, 0) is 0 Å². The molecule has 0 radical (unpaired) electrons. The zero-order chi connectivity index (χ0) is 17.9. The van der Waals surface area contributed by atoms with Gasteiger partial charge in [0.1, 0.15) is 0 Å². The van der Waals surface area contributed by atoms with Crippen LogP contribution >= 0.6 is 12.4 Å². The van der Waals surface area contributed by atoms with E-state index in [1.165, 1.54) is 10.6 Å². The molecule has 26 heavy (non-hydrogen) atoms. The fourth-order valence-electron chi connectivity index (χ4n) is 4.09. The van der Waals surface area contributed by atoms with Crippen molar-refractivity contribution in [2.45, 2.75) is 45.1 Å². The van der Waals surface area contributed by atoms with Crippen LogP contribution in [0.3, 0.4) is 0 Å². The van der Waals surface area contributed by atoms with Gasteiger partial charge in [0.25, 0.3) is 5.56 Å². The predicted octanol–water partition coefficient (Wildman–Crippen LogP) is 1.91. The molecule has 3 heterocycles. The molecule has 0 aromatic carbocycles. The molecular formula is C18H24ClFN4O2. The number of hydrogen-bond donors (Lipinski definition) is 2. The normalized spacial score (nSPS) is 21.1. The van der Waals surface area contributed by atoms with E-state index in [9.17, 15) is 14.0 Å². The van der Waals surface area contributed by atoms with E-state index < -0.39 is 11.5 Å². The number of nitrogens with zero attached hydrogens (tertiary/aromatic N) is 2. The van der Waals surface area contributed by atoms with Gasteiger partial charge in [-0.1, -0.05) is 0 Å². The highest BCUT2D eigenvalue weighted by Crippen LogP contribution is 2.42. The lowest BCUT2D eigenvalue weighted by molar-refractivity contribution is 0.487. The molecule has 2 fully saturated rings. The number of aromatic nitrogens is 2. The van der Waals surface area contributed by atoms with Gasteiger partial charge in [0.05, 0.1) is 17.4 Å². The van der Waals surface area contributed by atoms with Gasteiger partial charge in [-0.25, -0.2) is 9.18 Å². The van der Waals surface area contributed by atoms with Crippen molar-refractivity contribution < 1.29 is 4.39 Å². The lowest BCUT2D eigenvalue weighted by Gasteiger charge is -2.24. The summed E-state index contributed by atoms with van der Waals surface area (Å²) in [5.41, 5.74) is 7.41. The van der Waals surface area contributed by atoms with Crippen molar-refractivity contribution in [1.82, 2.24) is 9.38 Å². The predicted molar refractivity (Wildman–Crippen MR) is 102 cm³/mol. The van der Waals surface area contributed by atoms with E-state index in [-0.39, 0.29) is 29.9 Å². The number of pyridine rings is 1. The number of aryl methyl sites for hydroxylation is 1. The minimum Gasteiger partial charge on any atom is -0.368 e. The van der Waals surface area contributed by atoms with Crippen molar-refractivity contribution in [3.8, 4) is 0 Å². The largest absolute Gasteiger partial charge is 0.368 e. The molecule has 4 rings (SSSR count). The summed E-state index contributed by atoms with van der Waals surface area (Å²) < 4.78 is 16.1. The summed E-state index contributed by atoms with van der Waals surface area (Å²) in [4.78, 5) is 28.9. The summed E-state index contributed by atoms with van der Waals surface area (Å²) in [6.45, 7) is 5.20. The minimum absolute atomic E-state index is 0. The third-order valence-corrected chi connectivity index (χ3v) is 5.63. The molecule has 1 saturated carbocycles. The first-order valence-electron chi connectivity index (χ1n) is 8.86. The molecular weight excluding hydrogens is 359 g/mol. The molecule has 0 spiro atoms. The number of fused-ring (bicyclic) bond motifs is 1. The maximum absolute atomic E-state index is 14.9. The molecule has 2 aromatic heterocycles. The topological polar surface area (TPSA) is 83.6 Å². The number of rotatable bonds is 3. The van der Waals surface area contributed by atoms with Crippen LogP contribution in [0, 0.1) is 18.7 Å². The highest BCUT2D eigenvalue weighted by Gasteiger charge is 2.33. The second kappa shape index (κ2) is 6.70. The van der Waals surface area contributed by atoms with Crippen LogP contribution in [0.2, 0.25) is 0 Å². The zero-order valence-electron chi connectivity index (χ0n) is 14.9. The van der Waals surface area contributed by atoms with Gasteiger partial charge < -0.3 is 10.6 Å². The average Bonchev–Trinajstić information content (AvgIpc) is 3.25. The van der Waals surface area contributed by atoms with E-state index in [1.807, 2.05) is 11.8 Å². The van der Waals surface area contributed by atoms with Crippen LogP contribution in [0.4, 0.5) is 10.1 Å². The third-order valence-electron chi connectivity index (χ3n) is 5.63. The Hall–Kier alpha value is -1.86. The summed E-state index contributed by atoms with van der Waals surface area (Å²) in [6.07, 6.45) is 3.99. The highest BCUT2D eigenvalue weighted by atomic mass is 35.5. The van der Waals surface area contributed by atoms with Crippen molar-refractivity contribution in [2.75, 3.05) is 18.0 Å². The van der Waals surface area contributed by atoms with Gasteiger partial charge in [0.15, 0.2) is 5.82 Å². The smallest absolute Gasteiger partial charge is 0.333 e. The first-order chi connectivity index (χ1) is 11.9. The van der Waals surface area contributed by atoms with E-state index in [2.05, 4.69) is 4.98 Å². The third kappa shape index (κ3) is 2.93. The Kier molecular flexibility index (Phi) is 4.88. The molecule has 2 aliphatic rings. The van der Waals surface area contributed by atoms with E-state index in [1.54, 1.807) is 6.92 Å². The van der Waals surface area contributed by atoms with E-state index in [0.717, 1.165) is 25.8 Å². The maximum Gasteiger partial charge on any atom is 0.333 e. The van der Waals surface area contributed by atoms with Gasteiger partial charge in [-0.15, -0.1) is 12.4 Å². The van der Waals surface area contributed by atoms with Crippen LogP contribution in [-0.4, -0.2) is 28.5 Å². The number of H-pyrrole nitrogens is 1. The van der Waals surface area contributed by atoms with Crippen molar-refractivity contribution in [2.24, 2.45) is 11.7 Å². The molecule has 0 amide bonds. The van der Waals surface area contributed by atoms with Gasteiger partial charge in [0, 0.05) is 30.3 Å². The molecule has 0 bridgehead atoms. The Morgan fingerprint density at radius 2 is 2.00 bits per heavy atom. The Morgan fingerprint density at radius 3 is 2.58 bits per heavy atom. The second-order valence-corrected chi connectivity index (χ2v) is 7.47. The number of aromatic amines is 1. The molecule has 6 nitrogen and oxygen atoms in total. The monoisotopic (exact) mass is 382 g/mol. The Bertz CT molecular complexity index is 964. The fraction of sp³-hybridized carbons (Fsp3) is 0.556. The van der Waals surface area contributed by atoms with E-state index in [4.69, 9.17) is 5.73 Å². The molecule has 142 valence electrons. The quantitative estimate of drug-likeness (QED) is 0.849. The van der Waals surface area contributed by atoms with Crippen LogP contribution in [0.25, 0.3) is 5.52 Å².